The number of nitrogens with one attached hydrogen (secondary N) is 1. The normalized spacial score (nSPS) is 10.3. The first-order valence-corrected chi connectivity index (χ1v) is 8.81. The highest BCUT2D eigenvalue weighted by atomic mass is 32.1. The van der Waals surface area contributed by atoms with Gasteiger partial charge in [0.1, 0.15) is 21.7 Å². The van der Waals surface area contributed by atoms with Crippen LogP contribution in [0.1, 0.15) is 31.2 Å². The van der Waals surface area contributed by atoms with Crippen LogP contribution in [-0.2, 0) is 4.74 Å². The summed E-state index contributed by atoms with van der Waals surface area (Å²) < 4.78 is 10.1. The maximum atomic E-state index is 12.9. The van der Waals surface area contributed by atoms with Crippen molar-refractivity contribution in [2.24, 2.45) is 0 Å². The van der Waals surface area contributed by atoms with Gasteiger partial charge in [0.2, 0.25) is 0 Å². The van der Waals surface area contributed by atoms with E-state index in [1.54, 1.807) is 19.1 Å². The average molecular weight is 380 g/mol. The molecule has 0 atom stereocenters. The zero-order valence-corrected chi connectivity index (χ0v) is 15.8. The van der Waals surface area contributed by atoms with Crippen LogP contribution in [-0.4, -0.2) is 26.1 Å². The lowest BCUT2D eigenvalue weighted by Crippen LogP contribution is -2.13. The predicted octanol–water partition coefficient (Wildman–Crippen LogP) is 4.13. The number of ether oxygens (including phenoxy) is 2. The van der Waals surface area contributed by atoms with E-state index in [-0.39, 0.29) is 10.4 Å². The summed E-state index contributed by atoms with van der Waals surface area (Å²) >= 11 is 1.01. The molecule has 0 bridgehead atoms. The predicted molar refractivity (Wildman–Crippen MR) is 104 cm³/mol. The Morgan fingerprint density at radius 3 is 2.41 bits per heavy atom. The molecule has 2 aromatic carbocycles. The van der Waals surface area contributed by atoms with Gasteiger partial charge in [0, 0.05) is 0 Å². The molecule has 0 radical (unpaired) electrons. The van der Waals surface area contributed by atoms with E-state index < -0.39 is 11.9 Å². The van der Waals surface area contributed by atoms with Gasteiger partial charge in [0.15, 0.2) is 0 Å². The summed E-state index contributed by atoms with van der Waals surface area (Å²) in [5.74, 6) is -0.546. The largest absolute Gasteiger partial charge is 0.496 e. The third-order valence-corrected chi connectivity index (χ3v) is 5.36. The zero-order valence-electron chi connectivity index (χ0n) is 15.0. The van der Waals surface area contributed by atoms with E-state index in [4.69, 9.17) is 9.47 Å². The van der Waals surface area contributed by atoms with Crippen LogP contribution < -0.4 is 10.1 Å². The number of nitriles is 1. The van der Waals surface area contributed by atoms with Gasteiger partial charge in [0.25, 0.3) is 5.91 Å². The van der Waals surface area contributed by atoms with E-state index in [1.807, 2.05) is 30.3 Å². The van der Waals surface area contributed by atoms with Crippen molar-refractivity contribution < 1.29 is 19.1 Å². The van der Waals surface area contributed by atoms with Gasteiger partial charge < -0.3 is 14.8 Å². The number of thiophene rings is 1. The summed E-state index contributed by atoms with van der Waals surface area (Å²) in [6.45, 7) is 1.65. The highest BCUT2D eigenvalue weighted by Crippen LogP contribution is 2.34. The minimum atomic E-state index is -0.544. The molecule has 136 valence electrons. The van der Waals surface area contributed by atoms with Gasteiger partial charge in [-0.1, -0.05) is 24.3 Å². The quantitative estimate of drug-likeness (QED) is 0.688. The fourth-order valence-corrected chi connectivity index (χ4v) is 3.83. The highest BCUT2D eigenvalue weighted by molar-refractivity contribution is 7.18. The number of esters is 1. The SMILES string of the molecule is COC(=O)c1sc(NC(=O)c2cc3ccccc3cc2OC)c(C#N)c1C. The molecule has 1 aromatic heterocycles. The topological polar surface area (TPSA) is 88.4 Å². The first-order valence-electron chi connectivity index (χ1n) is 8.00. The van der Waals surface area contributed by atoms with Crippen LogP contribution in [0.5, 0.6) is 5.75 Å². The van der Waals surface area contributed by atoms with Crippen molar-refractivity contribution in [3.8, 4) is 11.8 Å². The molecule has 3 aromatic rings. The van der Waals surface area contributed by atoms with Crippen LogP contribution in [0.25, 0.3) is 10.8 Å². The van der Waals surface area contributed by atoms with Crippen LogP contribution in [0.2, 0.25) is 0 Å². The number of fused-ring (bicyclic) bond motifs is 1. The average Bonchev–Trinajstić information content (AvgIpc) is 3.01. The van der Waals surface area contributed by atoms with Gasteiger partial charge in [-0.15, -0.1) is 11.3 Å². The lowest BCUT2D eigenvalue weighted by Gasteiger charge is -2.10. The first-order chi connectivity index (χ1) is 13.0. The maximum absolute atomic E-state index is 12.9. The Morgan fingerprint density at radius 2 is 1.81 bits per heavy atom. The van der Waals surface area contributed by atoms with E-state index in [2.05, 4.69) is 5.32 Å². The van der Waals surface area contributed by atoms with Crippen molar-refractivity contribution in [1.29, 1.82) is 5.26 Å². The van der Waals surface area contributed by atoms with Gasteiger partial charge in [0.05, 0.1) is 25.3 Å². The van der Waals surface area contributed by atoms with Crippen molar-refractivity contribution in [3.63, 3.8) is 0 Å². The third-order valence-electron chi connectivity index (χ3n) is 4.17. The second-order valence-corrected chi connectivity index (χ2v) is 6.74. The van der Waals surface area contributed by atoms with Crippen molar-refractivity contribution in [3.05, 3.63) is 58.0 Å². The number of carbonyl (C=O) groups excluding carboxylic acids is 2. The van der Waals surface area contributed by atoms with Gasteiger partial charge in [-0.3, -0.25) is 4.79 Å². The number of nitrogens with zero attached hydrogens (tertiary/aromatic N) is 1. The summed E-state index contributed by atoms with van der Waals surface area (Å²) in [7, 11) is 2.76. The number of amides is 1. The number of rotatable bonds is 4. The van der Waals surface area contributed by atoms with Crippen LogP contribution in [0, 0.1) is 18.3 Å². The Balaban J connectivity index is 2.02. The molecule has 0 aliphatic heterocycles. The molecule has 7 heteroatoms. The summed E-state index contributed by atoms with van der Waals surface area (Å²) in [5.41, 5.74) is 1.06. The Morgan fingerprint density at radius 1 is 1.15 bits per heavy atom. The Labute approximate surface area is 159 Å². The molecule has 0 aliphatic carbocycles. The van der Waals surface area contributed by atoms with Crippen molar-refractivity contribution in [1.82, 2.24) is 0 Å². The lowest BCUT2D eigenvalue weighted by molar-refractivity contribution is 0.0605. The summed E-state index contributed by atoms with van der Waals surface area (Å²) in [6.07, 6.45) is 0. The summed E-state index contributed by atoms with van der Waals surface area (Å²) in [5, 5.41) is 14.3. The van der Waals surface area contributed by atoms with E-state index in [0.717, 1.165) is 22.1 Å². The van der Waals surface area contributed by atoms with Crippen LogP contribution in [0.4, 0.5) is 5.00 Å². The number of anilines is 1. The minimum absolute atomic E-state index is 0.244. The molecule has 0 aliphatic rings. The standard InChI is InChI=1S/C20H16N2O4S/c1-11-15(10-21)19(27-17(11)20(24)26-3)22-18(23)14-8-12-6-4-5-7-13(12)9-16(14)25-2/h4-9H,1-3H3,(H,22,23). The van der Waals surface area contributed by atoms with Gasteiger partial charge in [-0.05, 0) is 35.4 Å². The highest BCUT2D eigenvalue weighted by Gasteiger charge is 2.23. The monoisotopic (exact) mass is 380 g/mol. The second-order valence-electron chi connectivity index (χ2n) is 5.72. The lowest BCUT2D eigenvalue weighted by atomic mass is 10.1. The van der Waals surface area contributed by atoms with Crippen molar-refractivity contribution in [2.75, 3.05) is 19.5 Å². The van der Waals surface area contributed by atoms with Gasteiger partial charge in [-0.2, -0.15) is 5.26 Å². The molecule has 1 heterocycles. The molecule has 27 heavy (non-hydrogen) atoms. The fourth-order valence-electron chi connectivity index (χ4n) is 2.76. The molecule has 0 spiro atoms. The van der Waals surface area contributed by atoms with Crippen molar-refractivity contribution in [2.45, 2.75) is 6.92 Å². The Kier molecular flexibility index (Phi) is 5.10. The molecule has 0 unspecified atom stereocenters. The minimum Gasteiger partial charge on any atom is -0.496 e. The number of methoxy groups -OCH3 is 2. The number of benzene rings is 2. The van der Waals surface area contributed by atoms with Crippen LogP contribution in [0.3, 0.4) is 0 Å². The van der Waals surface area contributed by atoms with Gasteiger partial charge in [-0.25, -0.2) is 4.79 Å². The van der Waals surface area contributed by atoms with Crippen LogP contribution >= 0.6 is 11.3 Å². The Hall–Kier alpha value is -3.37. The molecular formula is C20H16N2O4S. The molecule has 3 rings (SSSR count). The molecule has 0 saturated carbocycles. The molecule has 0 fully saturated rings. The molecule has 6 nitrogen and oxygen atoms in total. The van der Waals surface area contributed by atoms with Gasteiger partial charge >= 0.3 is 5.97 Å². The second kappa shape index (κ2) is 7.48. The van der Waals surface area contributed by atoms with Crippen LogP contribution in [0.15, 0.2) is 36.4 Å². The Bertz CT molecular complexity index is 1100. The molecule has 1 N–H and O–H groups in total. The molecule has 1 amide bonds. The number of hydrogen-bond acceptors (Lipinski definition) is 6. The third kappa shape index (κ3) is 3.35. The fraction of sp³-hybridized carbons (Fsp3) is 0.150. The summed E-state index contributed by atoms with van der Waals surface area (Å²) in [6, 6.07) is 13.2. The number of carbonyl (C=O) groups is 2. The molecular weight excluding hydrogens is 364 g/mol. The zero-order chi connectivity index (χ0) is 19.6. The van der Waals surface area contributed by atoms with Crippen molar-refractivity contribution >= 4 is 39.0 Å². The van der Waals surface area contributed by atoms with E-state index >= 15 is 0 Å². The van der Waals surface area contributed by atoms with E-state index in [0.29, 0.717) is 21.9 Å². The maximum Gasteiger partial charge on any atom is 0.348 e. The number of hydrogen-bond donors (Lipinski definition) is 1. The smallest absolute Gasteiger partial charge is 0.348 e. The van der Waals surface area contributed by atoms with E-state index in [9.17, 15) is 14.9 Å². The van der Waals surface area contributed by atoms with E-state index in [1.165, 1.54) is 14.2 Å². The first kappa shape index (κ1) is 18.4. The summed E-state index contributed by atoms with van der Waals surface area (Å²) in [4.78, 5) is 25.0. The molecule has 0 saturated heterocycles.